The Morgan fingerprint density at radius 1 is 1.19 bits per heavy atom. The third-order valence-electron chi connectivity index (χ3n) is 3.15. The Morgan fingerprint density at radius 2 is 1.95 bits per heavy atom. The summed E-state index contributed by atoms with van der Waals surface area (Å²) in [4.78, 5) is 2.99. The SMILES string of the molecule is CCOc1cccc2c1[nH]c(=S)n2-c1cccc(F)c1F. The molecule has 0 saturated heterocycles. The second-order valence-electron chi connectivity index (χ2n) is 4.42. The zero-order valence-corrected chi connectivity index (χ0v) is 12.0. The number of rotatable bonds is 3. The number of benzene rings is 2. The number of fused-ring (bicyclic) bond motifs is 1. The number of imidazole rings is 1. The van der Waals surface area contributed by atoms with Gasteiger partial charge < -0.3 is 9.72 Å². The Kier molecular flexibility index (Phi) is 3.47. The van der Waals surface area contributed by atoms with Gasteiger partial charge in [0.1, 0.15) is 11.3 Å². The number of ether oxygens (including phenoxy) is 1. The molecule has 6 heteroatoms. The number of aromatic nitrogens is 2. The quantitative estimate of drug-likeness (QED) is 0.728. The van der Waals surface area contributed by atoms with E-state index < -0.39 is 11.6 Å². The van der Waals surface area contributed by atoms with Crippen molar-refractivity contribution in [1.82, 2.24) is 9.55 Å². The highest BCUT2D eigenvalue weighted by Crippen LogP contribution is 2.28. The summed E-state index contributed by atoms with van der Waals surface area (Å²) in [5.74, 6) is -1.22. The number of para-hydroxylation sites is 1. The van der Waals surface area contributed by atoms with Crippen LogP contribution in [0.4, 0.5) is 8.78 Å². The number of hydrogen-bond donors (Lipinski definition) is 1. The zero-order chi connectivity index (χ0) is 15.0. The molecule has 0 atom stereocenters. The molecule has 3 rings (SSSR count). The highest BCUT2D eigenvalue weighted by atomic mass is 32.1. The number of nitrogens with zero attached hydrogens (tertiary/aromatic N) is 1. The monoisotopic (exact) mass is 306 g/mol. The fourth-order valence-electron chi connectivity index (χ4n) is 2.28. The second kappa shape index (κ2) is 5.29. The smallest absolute Gasteiger partial charge is 0.182 e. The van der Waals surface area contributed by atoms with E-state index in [2.05, 4.69) is 4.98 Å². The summed E-state index contributed by atoms with van der Waals surface area (Å²) in [6.07, 6.45) is 0. The van der Waals surface area contributed by atoms with Crippen molar-refractivity contribution in [1.29, 1.82) is 0 Å². The third-order valence-corrected chi connectivity index (χ3v) is 3.44. The summed E-state index contributed by atoms with van der Waals surface area (Å²) >= 11 is 5.24. The van der Waals surface area contributed by atoms with Crippen molar-refractivity contribution in [2.75, 3.05) is 6.61 Å². The summed E-state index contributed by atoms with van der Waals surface area (Å²) in [5.41, 5.74) is 1.36. The van der Waals surface area contributed by atoms with E-state index in [4.69, 9.17) is 17.0 Å². The van der Waals surface area contributed by atoms with Gasteiger partial charge in [0.15, 0.2) is 16.4 Å². The minimum atomic E-state index is -0.934. The molecule has 1 heterocycles. The zero-order valence-electron chi connectivity index (χ0n) is 11.2. The number of nitrogens with one attached hydrogen (secondary N) is 1. The first kappa shape index (κ1) is 13.8. The van der Waals surface area contributed by atoms with Gasteiger partial charge in [0.2, 0.25) is 0 Å². The van der Waals surface area contributed by atoms with Gasteiger partial charge in [-0.1, -0.05) is 12.1 Å². The van der Waals surface area contributed by atoms with Crippen LogP contribution in [0.3, 0.4) is 0 Å². The van der Waals surface area contributed by atoms with Crippen LogP contribution in [-0.2, 0) is 0 Å². The van der Waals surface area contributed by atoms with E-state index in [1.54, 1.807) is 18.2 Å². The first-order chi connectivity index (χ1) is 10.1. The molecule has 0 spiro atoms. The van der Waals surface area contributed by atoms with Gasteiger partial charge >= 0.3 is 0 Å². The Hall–Kier alpha value is -2.21. The van der Waals surface area contributed by atoms with Crippen molar-refractivity contribution in [2.24, 2.45) is 0 Å². The minimum absolute atomic E-state index is 0.0694. The maximum atomic E-state index is 14.0. The molecule has 3 nitrogen and oxygen atoms in total. The van der Waals surface area contributed by atoms with E-state index in [-0.39, 0.29) is 10.5 Å². The lowest BCUT2D eigenvalue weighted by Crippen LogP contribution is -2.00. The molecule has 0 radical (unpaired) electrons. The number of aromatic amines is 1. The largest absolute Gasteiger partial charge is 0.492 e. The summed E-state index contributed by atoms with van der Waals surface area (Å²) in [6.45, 7) is 2.37. The van der Waals surface area contributed by atoms with Crippen LogP contribution >= 0.6 is 12.2 Å². The molecule has 108 valence electrons. The first-order valence-electron chi connectivity index (χ1n) is 6.44. The van der Waals surface area contributed by atoms with E-state index in [1.807, 2.05) is 6.92 Å². The Morgan fingerprint density at radius 3 is 2.71 bits per heavy atom. The lowest BCUT2D eigenvalue weighted by Gasteiger charge is -2.07. The normalized spacial score (nSPS) is 11.0. The van der Waals surface area contributed by atoms with Crippen LogP contribution in [0.1, 0.15) is 6.92 Å². The summed E-state index contributed by atoms with van der Waals surface area (Å²) < 4.78 is 34.7. The molecule has 21 heavy (non-hydrogen) atoms. The summed E-state index contributed by atoms with van der Waals surface area (Å²) in [7, 11) is 0. The predicted molar refractivity (Wildman–Crippen MR) is 79.5 cm³/mol. The number of halogens is 2. The Balaban J connectivity index is 2.34. The van der Waals surface area contributed by atoms with Crippen molar-refractivity contribution in [3.8, 4) is 11.4 Å². The van der Waals surface area contributed by atoms with E-state index in [9.17, 15) is 8.78 Å². The molecule has 0 aliphatic carbocycles. The van der Waals surface area contributed by atoms with Crippen LogP contribution in [0.25, 0.3) is 16.7 Å². The first-order valence-corrected chi connectivity index (χ1v) is 6.85. The van der Waals surface area contributed by atoms with Gasteiger partial charge in [0.25, 0.3) is 0 Å². The maximum Gasteiger partial charge on any atom is 0.182 e. The molecule has 3 aromatic rings. The number of H-pyrrole nitrogens is 1. The third kappa shape index (κ3) is 2.21. The van der Waals surface area contributed by atoms with Crippen LogP contribution in [0.15, 0.2) is 36.4 Å². The Labute approximate surface area is 124 Å². The van der Waals surface area contributed by atoms with Crippen LogP contribution in [0, 0.1) is 16.4 Å². The minimum Gasteiger partial charge on any atom is -0.492 e. The standard InChI is InChI=1S/C15H12F2N2OS/c1-2-20-12-8-4-7-11-14(12)18-15(21)19(11)10-6-3-5-9(16)13(10)17/h3-8H,2H2,1H3,(H,18,21). The number of hydrogen-bond acceptors (Lipinski definition) is 2. The van der Waals surface area contributed by atoms with Gasteiger partial charge in [0.05, 0.1) is 17.8 Å². The Bertz CT molecular complexity index is 870. The molecule has 0 saturated carbocycles. The van der Waals surface area contributed by atoms with E-state index >= 15 is 0 Å². The highest BCUT2D eigenvalue weighted by molar-refractivity contribution is 7.71. The van der Waals surface area contributed by atoms with Gasteiger partial charge in [-0.2, -0.15) is 0 Å². The molecule has 1 aromatic heterocycles. The van der Waals surface area contributed by atoms with Gasteiger partial charge in [-0.15, -0.1) is 0 Å². The second-order valence-corrected chi connectivity index (χ2v) is 4.81. The van der Waals surface area contributed by atoms with Crippen molar-refractivity contribution in [3.63, 3.8) is 0 Å². The van der Waals surface area contributed by atoms with E-state index in [0.717, 1.165) is 6.07 Å². The van der Waals surface area contributed by atoms with Crippen molar-refractivity contribution in [2.45, 2.75) is 6.92 Å². The highest BCUT2D eigenvalue weighted by Gasteiger charge is 2.15. The fourth-order valence-corrected chi connectivity index (χ4v) is 2.58. The van der Waals surface area contributed by atoms with Crippen LogP contribution in [0.2, 0.25) is 0 Å². The van der Waals surface area contributed by atoms with Crippen LogP contribution < -0.4 is 4.74 Å². The van der Waals surface area contributed by atoms with Crippen molar-refractivity contribution in [3.05, 3.63) is 52.8 Å². The topological polar surface area (TPSA) is 29.9 Å². The average Bonchev–Trinajstić information content (AvgIpc) is 2.80. The molecule has 0 bridgehead atoms. The fraction of sp³-hybridized carbons (Fsp3) is 0.133. The molecule has 0 amide bonds. The molecule has 2 aromatic carbocycles. The van der Waals surface area contributed by atoms with Gasteiger partial charge in [0, 0.05) is 0 Å². The average molecular weight is 306 g/mol. The molecular formula is C15H12F2N2OS. The van der Waals surface area contributed by atoms with Gasteiger partial charge in [-0.05, 0) is 43.4 Å². The molecule has 0 aliphatic rings. The van der Waals surface area contributed by atoms with Crippen molar-refractivity contribution < 1.29 is 13.5 Å². The van der Waals surface area contributed by atoms with Gasteiger partial charge in [-0.25, -0.2) is 8.78 Å². The van der Waals surface area contributed by atoms with Gasteiger partial charge in [-0.3, -0.25) is 4.57 Å². The van der Waals surface area contributed by atoms with E-state index in [1.165, 1.54) is 16.7 Å². The summed E-state index contributed by atoms with van der Waals surface area (Å²) in [6, 6.07) is 9.35. The molecule has 0 unspecified atom stereocenters. The van der Waals surface area contributed by atoms with E-state index in [0.29, 0.717) is 23.4 Å². The summed E-state index contributed by atoms with van der Waals surface area (Å²) in [5, 5.41) is 0. The maximum absolute atomic E-state index is 14.0. The molecule has 0 aliphatic heterocycles. The van der Waals surface area contributed by atoms with Crippen LogP contribution in [0.5, 0.6) is 5.75 Å². The lowest BCUT2D eigenvalue weighted by molar-refractivity contribution is 0.343. The molecular weight excluding hydrogens is 294 g/mol. The predicted octanol–water partition coefficient (Wildman–Crippen LogP) is 4.36. The lowest BCUT2D eigenvalue weighted by atomic mass is 10.2. The molecule has 0 fully saturated rings. The van der Waals surface area contributed by atoms with Crippen LogP contribution in [-0.4, -0.2) is 16.2 Å². The molecule has 1 N–H and O–H groups in total. The van der Waals surface area contributed by atoms with Crippen molar-refractivity contribution >= 4 is 23.3 Å².